The van der Waals surface area contributed by atoms with E-state index in [9.17, 15) is 13.6 Å². The summed E-state index contributed by atoms with van der Waals surface area (Å²) in [6.45, 7) is 1.53. The van der Waals surface area contributed by atoms with E-state index in [-0.39, 0.29) is 23.5 Å². The first-order chi connectivity index (χ1) is 11.4. The molecule has 1 aliphatic carbocycles. The molecule has 0 bridgehead atoms. The molecule has 2 aromatic rings. The molecule has 3 rings (SSSR count). The lowest BCUT2D eigenvalue weighted by atomic mass is 9.79. The first-order valence-electron chi connectivity index (χ1n) is 7.65. The van der Waals surface area contributed by atoms with Crippen molar-refractivity contribution in [3.63, 3.8) is 0 Å². The Morgan fingerprint density at radius 2 is 2.00 bits per heavy atom. The first-order valence-corrected chi connectivity index (χ1v) is 7.65. The summed E-state index contributed by atoms with van der Waals surface area (Å²) < 4.78 is 26.5. The topological polar surface area (TPSA) is 42.0 Å². The van der Waals surface area contributed by atoms with Crippen molar-refractivity contribution in [1.29, 1.82) is 0 Å². The lowest BCUT2D eigenvalue weighted by Gasteiger charge is -2.38. The minimum Gasteiger partial charge on any atom is -0.348 e. The molecule has 1 amide bonds. The van der Waals surface area contributed by atoms with Gasteiger partial charge in [-0.2, -0.15) is 0 Å². The van der Waals surface area contributed by atoms with Crippen LogP contribution in [0.15, 0.2) is 42.6 Å². The minimum atomic E-state index is -1.18. The zero-order chi connectivity index (χ0) is 17.2. The second-order valence-corrected chi connectivity index (χ2v) is 6.18. The average Bonchev–Trinajstić information content (AvgIpc) is 2.52. The molecule has 0 aliphatic heterocycles. The van der Waals surface area contributed by atoms with E-state index in [1.165, 1.54) is 25.3 Å². The average molecular weight is 326 g/mol. The first kappa shape index (κ1) is 16.1. The van der Waals surface area contributed by atoms with Crippen molar-refractivity contribution in [2.24, 2.45) is 0 Å². The van der Waals surface area contributed by atoms with Crippen molar-refractivity contribution in [1.82, 2.24) is 10.3 Å². The summed E-state index contributed by atoms with van der Waals surface area (Å²) in [5.74, 6) is 5.05. The molecule has 0 unspecified atom stereocenters. The Kier molecular flexibility index (Phi) is 4.30. The van der Waals surface area contributed by atoms with Crippen molar-refractivity contribution >= 4 is 5.91 Å². The predicted molar refractivity (Wildman–Crippen MR) is 86.6 cm³/mol. The van der Waals surface area contributed by atoms with E-state index in [4.69, 9.17) is 0 Å². The van der Waals surface area contributed by atoms with Gasteiger partial charge in [-0.25, -0.2) is 13.8 Å². The third-order valence-electron chi connectivity index (χ3n) is 3.85. The molecule has 0 atom stereocenters. The highest BCUT2D eigenvalue weighted by Gasteiger charge is 2.41. The minimum absolute atomic E-state index is 0.137. The SMILES string of the molecule is CC1(F)CC(NC(=O)c2ccc(C#Cc3cccc(F)c3)cn2)C1. The molecule has 122 valence electrons. The number of aromatic nitrogens is 1. The third-order valence-corrected chi connectivity index (χ3v) is 3.85. The number of hydrogen-bond donors (Lipinski definition) is 1. The van der Waals surface area contributed by atoms with Crippen LogP contribution in [0.3, 0.4) is 0 Å². The largest absolute Gasteiger partial charge is 0.348 e. The van der Waals surface area contributed by atoms with Gasteiger partial charge in [-0.1, -0.05) is 17.9 Å². The lowest BCUT2D eigenvalue weighted by molar-refractivity contribution is 0.0443. The summed E-state index contributed by atoms with van der Waals surface area (Å²) >= 11 is 0. The number of benzene rings is 1. The van der Waals surface area contributed by atoms with Crippen molar-refractivity contribution < 1.29 is 13.6 Å². The Morgan fingerprint density at radius 1 is 1.25 bits per heavy atom. The van der Waals surface area contributed by atoms with E-state index in [1.807, 2.05) is 0 Å². The quantitative estimate of drug-likeness (QED) is 0.861. The van der Waals surface area contributed by atoms with E-state index < -0.39 is 5.67 Å². The number of nitrogens with zero attached hydrogens (tertiary/aromatic N) is 1. The van der Waals surface area contributed by atoms with Crippen molar-refractivity contribution in [2.45, 2.75) is 31.5 Å². The standard InChI is InChI=1S/C19H16F2N2O/c1-19(21)10-16(11-19)23-18(24)17-8-7-14(12-22-17)6-5-13-3-2-4-15(20)9-13/h2-4,7-9,12,16H,10-11H2,1H3,(H,23,24). The molecule has 0 saturated heterocycles. The molecular formula is C19H16F2N2O. The Hall–Kier alpha value is -2.74. The van der Waals surface area contributed by atoms with Gasteiger partial charge in [0.2, 0.25) is 0 Å². The molecule has 1 N–H and O–H groups in total. The maximum Gasteiger partial charge on any atom is 0.270 e. The molecule has 1 fully saturated rings. The summed E-state index contributed by atoms with van der Waals surface area (Å²) in [5, 5.41) is 2.75. The number of alkyl halides is 1. The van der Waals surface area contributed by atoms with Crippen LogP contribution < -0.4 is 5.32 Å². The van der Waals surface area contributed by atoms with Crippen LogP contribution in [0.2, 0.25) is 0 Å². The van der Waals surface area contributed by atoms with Gasteiger partial charge in [-0.3, -0.25) is 4.79 Å². The van der Waals surface area contributed by atoms with Crippen LogP contribution in [-0.4, -0.2) is 22.6 Å². The number of rotatable bonds is 2. The highest BCUT2D eigenvalue weighted by atomic mass is 19.1. The van der Waals surface area contributed by atoms with Gasteiger partial charge in [0.25, 0.3) is 5.91 Å². The van der Waals surface area contributed by atoms with Crippen LogP contribution in [-0.2, 0) is 0 Å². The summed E-state index contributed by atoms with van der Waals surface area (Å²) in [7, 11) is 0. The monoisotopic (exact) mass is 326 g/mol. The maximum atomic E-state index is 13.4. The van der Waals surface area contributed by atoms with Crippen molar-refractivity contribution in [3.05, 3.63) is 65.2 Å². The van der Waals surface area contributed by atoms with Gasteiger partial charge in [0.1, 0.15) is 17.2 Å². The third kappa shape index (κ3) is 3.96. The molecule has 1 aliphatic rings. The van der Waals surface area contributed by atoms with Gasteiger partial charge in [0.05, 0.1) is 0 Å². The van der Waals surface area contributed by atoms with Crippen LogP contribution in [0, 0.1) is 17.7 Å². The summed E-state index contributed by atoms with van der Waals surface area (Å²) in [4.78, 5) is 16.1. The van der Waals surface area contributed by atoms with Gasteiger partial charge in [-0.05, 0) is 37.3 Å². The Bertz CT molecular complexity index is 811. The van der Waals surface area contributed by atoms with E-state index in [0.717, 1.165) is 0 Å². The number of carbonyl (C=O) groups excluding carboxylic acids is 1. The molecular weight excluding hydrogens is 310 g/mol. The molecule has 3 nitrogen and oxygen atoms in total. The van der Waals surface area contributed by atoms with Crippen LogP contribution >= 0.6 is 0 Å². The van der Waals surface area contributed by atoms with Crippen LogP contribution in [0.25, 0.3) is 0 Å². The van der Waals surface area contributed by atoms with Gasteiger partial charge in [-0.15, -0.1) is 0 Å². The molecule has 1 aromatic heterocycles. The number of carbonyl (C=O) groups is 1. The molecule has 1 saturated carbocycles. The Morgan fingerprint density at radius 3 is 2.62 bits per heavy atom. The Balaban J connectivity index is 1.62. The second-order valence-electron chi connectivity index (χ2n) is 6.18. The second kappa shape index (κ2) is 6.40. The molecule has 0 radical (unpaired) electrons. The van der Waals surface area contributed by atoms with Crippen LogP contribution in [0.1, 0.15) is 41.4 Å². The van der Waals surface area contributed by atoms with Crippen LogP contribution in [0.4, 0.5) is 8.78 Å². The molecule has 0 spiro atoms. The molecule has 5 heteroatoms. The number of hydrogen-bond acceptors (Lipinski definition) is 2. The van der Waals surface area contributed by atoms with E-state index >= 15 is 0 Å². The summed E-state index contributed by atoms with van der Waals surface area (Å²) in [6.07, 6.45) is 2.15. The van der Waals surface area contributed by atoms with Gasteiger partial charge >= 0.3 is 0 Å². The fraction of sp³-hybridized carbons (Fsp3) is 0.263. The van der Waals surface area contributed by atoms with Crippen molar-refractivity contribution in [2.75, 3.05) is 0 Å². The van der Waals surface area contributed by atoms with Gasteiger partial charge in [0.15, 0.2) is 0 Å². The highest BCUT2D eigenvalue weighted by Crippen LogP contribution is 2.35. The fourth-order valence-corrected chi connectivity index (χ4v) is 2.64. The van der Waals surface area contributed by atoms with Gasteiger partial charge < -0.3 is 5.32 Å². The maximum absolute atomic E-state index is 13.4. The van der Waals surface area contributed by atoms with Crippen LogP contribution in [0.5, 0.6) is 0 Å². The zero-order valence-electron chi connectivity index (χ0n) is 13.1. The molecule has 1 aromatic carbocycles. The van der Waals surface area contributed by atoms with Gasteiger partial charge in [0, 0.05) is 36.2 Å². The Labute approximate surface area is 139 Å². The smallest absolute Gasteiger partial charge is 0.270 e. The fourth-order valence-electron chi connectivity index (χ4n) is 2.64. The normalized spacial score (nSPS) is 22.0. The molecule has 24 heavy (non-hydrogen) atoms. The number of halogens is 2. The lowest BCUT2D eigenvalue weighted by Crippen LogP contribution is -2.51. The highest BCUT2D eigenvalue weighted by molar-refractivity contribution is 5.92. The molecule has 1 heterocycles. The number of amides is 1. The van der Waals surface area contributed by atoms with E-state index in [1.54, 1.807) is 24.3 Å². The zero-order valence-corrected chi connectivity index (χ0v) is 13.1. The summed E-state index contributed by atoms with van der Waals surface area (Å²) in [6, 6.07) is 9.11. The number of nitrogens with one attached hydrogen (secondary N) is 1. The van der Waals surface area contributed by atoms with Crippen molar-refractivity contribution in [3.8, 4) is 11.8 Å². The summed E-state index contributed by atoms with van der Waals surface area (Å²) in [5.41, 5.74) is 0.271. The van der Waals surface area contributed by atoms with E-state index in [0.29, 0.717) is 24.0 Å². The number of pyridine rings is 1. The van der Waals surface area contributed by atoms with E-state index in [2.05, 4.69) is 22.1 Å². The predicted octanol–water partition coefficient (Wildman–Crippen LogP) is 3.24.